The van der Waals surface area contributed by atoms with E-state index in [2.05, 4.69) is 5.32 Å². The lowest BCUT2D eigenvalue weighted by molar-refractivity contribution is -0.153. The lowest BCUT2D eigenvalue weighted by atomic mass is 9.74. The third-order valence-electron chi connectivity index (χ3n) is 4.02. The first-order valence-corrected chi connectivity index (χ1v) is 6.77. The molecule has 2 N–H and O–H groups in total. The maximum atomic E-state index is 12.1. The van der Waals surface area contributed by atoms with Gasteiger partial charge in [0.15, 0.2) is 6.10 Å². The molecule has 19 heavy (non-hydrogen) atoms. The van der Waals surface area contributed by atoms with E-state index in [-0.39, 0.29) is 12.5 Å². The molecule has 3 unspecified atom stereocenters. The van der Waals surface area contributed by atoms with Gasteiger partial charge in [-0.25, -0.2) is 0 Å². The van der Waals surface area contributed by atoms with Crippen molar-refractivity contribution in [1.29, 1.82) is 0 Å². The van der Waals surface area contributed by atoms with Crippen LogP contribution in [-0.2, 0) is 19.1 Å². The zero-order chi connectivity index (χ0) is 13.9. The van der Waals surface area contributed by atoms with Crippen LogP contribution in [0.5, 0.6) is 0 Å². The summed E-state index contributed by atoms with van der Waals surface area (Å²) in [5.74, 6) is -1.65. The monoisotopic (exact) mass is 271 g/mol. The minimum absolute atomic E-state index is 0.236. The minimum Gasteiger partial charge on any atom is -0.481 e. The van der Waals surface area contributed by atoms with E-state index in [0.29, 0.717) is 26.1 Å². The molecule has 0 aromatic carbocycles. The second-order valence-electron chi connectivity index (χ2n) is 5.48. The molecule has 0 spiro atoms. The first-order chi connectivity index (χ1) is 9.03. The molecule has 0 radical (unpaired) electrons. The molecule has 108 valence electrons. The Kier molecular flexibility index (Phi) is 4.42. The molecule has 2 rings (SSSR count). The van der Waals surface area contributed by atoms with Gasteiger partial charge in [-0.3, -0.25) is 9.59 Å². The van der Waals surface area contributed by atoms with E-state index in [1.807, 2.05) is 6.92 Å². The van der Waals surface area contributed by atoms with E-state index in [9.17, 15) is 14.7 Å². The Bertz CT molecular complexity index is 353. The summed E-state index contributed by atoms with van der Waals surface area (Å²) in [6, 6.07) is 0. The Hall–Kier alpha value is -1.14. The predicted molar refractivity (Wildman–Crippen MR) is 66.7 cm³/mol. The van der Waals surface area contributed by atoms with Crippen LogP contribution >= 0.6 is 0 Å². The molecule has 2 aliphatic rings. The quantitative estimate of drug-likeness (QED) is 0.783. The molecule has 1 saturated heterocycles. The Morgan fingerprint density at radius 3 is 2.74 bits per heavy atom. The van der Waals surface area contributed by atoms with Crippen molar-refractivity contribution in [1.82, 2.24) is 5.32 Å². The molecule has 3 atom stereocenters. The van der Waals surface area contributed by atoms with Crippen LogP contribution in [0.1, 0.15) is 32.6 Å². The lowest BCUT2D eigenvalue weighted by Crippen LogP contribution is -2.58. The summed E-state index contributed by atoms with van der Waals surface area (Å²) in [5.41, 5.74) is -0.692. The second kappa shape index (κ2) is 5.88. The van der Waals surface area contributed by atoms with Gasteiger partial charge in [0.2, 0.25) is 0 Å². The summed E-state index contributed by atoms with van der Waals surface area (Å²) >= 11 is 0. The molecule has 1 saturated carbocycles. The molecule has 1 heterocycles. The Morgan fingerprint density at radius 2 is 2.11 bits per heavy atom. The standard InChI is InChI=1S/C13H21NO5/c1-13(5-3-2-4-9(13)12(16)17)14-11(15)10-8-18-6-7-19-10/h9-10H,2-8H2,1H3,(H,14,15)(H,16,17). The van der Waals surface area contributed by atoms with Crippen LogP contribution < -0.4 is 5.32 Å². The Morgan fingerprint density at radius 1 is 1.32 bits per heavy atom. The molecule has 6 heteroatoms. The van der Waals surface area contributed by atoms with Crippen LogP contribution in [0.4, 0.5) is 0 Å². The van der Waals surface area contributed by atoms with Crippen molar-refractivity contribution in [3.63, 3.8) is 0 Å². The van der Waals surface area contributed by atoms with Gasteiger partial charge in [-0.05, 0) is 19.8 Å². The summed E-state index contributed by atoms with van der Waals surface area (Å²) in [7, 11) is 0. The number of carboxylic acid groups (broad SMARTS) is 1. The summed E-state index contributed by atoms with van der Waals surface area (Å²) in [6.07, 6.45) is 2.49. The molecule has 1 aliphatic carbocycles. The van der Waals surface area contributed by atoms with Crippen molar-refractivity contribution in [2.75, 3.05) is 19.8 Å². The van der Waals surface area contributed by atoms with Crippen LogP contribution in [0, 0.1) is 5.92 Å². The zero-order valence-electron chi connectivity index (χ0n) is 11.2. The Balaban J connectivity index is 2.01. The van der Waals surface area contributed by atoms with Crippen molar-refractivity contribution in [2.24, 2.45) is 5.92 Å². The average Bonchev–Trinajstić information content (AvgIpc) is 2.39. The SMILES string of the molecule is CC1(NC(=O)C2COCCO2)CCCCC1C(=O)O. The van der Waals surface area contributed by atoms with Gasteiger partial charge < -0.3 is 19.9 Å². The number of aliphatic carboxylic acids is 1. The zero-order valence-corrected chi connectivity index (χ0v) is 11.2. The van der Waals surface area contributed by atoms with Gasteiger partial charge in [0, 0.05) is 0 Å². The lowest BCUT2D eigenvalue weighted by Gasteiger charge is -2.40. The summed E-state index contributed by atoms with van der Waals surface area (Å²) in [5, 5.41) is 12.2. The predicted octanol–water partition coefficient (Wildman–Crippen LogP) is 0.551. The van der Waals surface area contributed by atoms with Gasteiger partial charge in [0.05, 0.1) is 31.3 Å². The van der Waals surface area contributed by atoms with Gasteiger partial charge in [-0.2, -0.15) is 0 Å². The number of hydrogen-bond acceptors (Lipinski definition) is 4. The number of nitrogens with one attached hydrogen (secondary N) is 1. The summed E-state index contributed by atoms with van der Waals surface area (Å²) in [4.78, 5) is 23.5. The fraction of sp³-hybridized carbons (Fsp3) is 0.846. The number of rotatable bonds is 3. The summed E-state index contributed by atoms with van der Waals surface area (Å²) < 4.78 is 10.5. The van der Waals surface area contributed by atoms with Crippen LogP contribution in [0.25, 0.3) is 0 Å². The highest BCUT2D eigenvalue weighted by Gasteiger charge is 2.43. The first kappa shape index (κ1) is 14.3. The average molecular weight is 271 g/mol. The minimum atomic E-state index is -0.844. The van der Waals surface area contributed by atoms with Gasteiger partial charge in [0.1, 0.15) is 0 Å². The fourth-order valence-corrected chi connectivity index (χ4v) is 2.88. The van der Waals surface area contributed by atoms with E-state index >= 15 is 0 Å². The maximum absolute atomic E-state index is 12.1. The molecular weight excluding hydrogens is 250 g/mol. The molecule has 1 amide bonds. The Labute approximate surface area is 112 Å². The van der Waals surface area contributed by atoms with Crippen molar-refractivity contribution in [3.8, 4) is 0 Å². The smallest absolute Gasteiger partial charge is 0.308 e. The van der Waals surface area contributed by atoms with Crippen LogP contribution in [0.2, 0.25) is 0 Å². The topological polar surface area (TPSA) is 84.9 Å². The van der Waals surface area contributed by atoms with Gasteiger partial charge in [-0.1, -0.05) is 12.8 Å². The van der Waals surface area contributed by atoms with Crippen LogP contribution in [0.3, 0.4) is 0 Å². The molecule has 1 aliphatic heterocycles. The van der Waals surface area contributed by atoms with E-state index in [1.54, 1.807) is 0 Å². The number of amides is 1. The number of ether oxygens (including phenoxy) is 2. The third-order valence-corrected chi connectivity index (χ3v) is 4.02. The maximum Gasteiger partial charge on any atom is 0.308 e. The van der Waals surface area contributed by atoms with E-state index in [4.69, 9.17) is 9.47 Å². The van der Waals surface area contributed by atoms with Gasteiger partial charge in [0.25, 0.3) is 5.91 Å². The molecule has 0 bridgehead atoms. The second-order valence-corrected chi connectivity index (χ2v) is 5.48. The van der Waals surface area contributed by atoms with E-state index in [1.165, 1.54) is 0 Å². The van der Waals surface area contributed by atoms with E-state index < -0.39 is 23.5 Å². The fourth-order valence-electron chi connectivity index (χ4n) is 2.88. The van der Waals surface area contributed by atoms with Crippen molar-refractivity contribution in [3.05, 3.63) is 0 Å². The number of carbonyl (C=O) groups excluding carboxylic acids is 1. The highest BCUT2D eigenvalue weighted by Crippen LogP contribution is 2.34. The first-order valence-electron chi connectivity index (χ1n) is 6.77. The van der Waals surface area contributed by atoms with Gasteiger partial charge >= 0.3 is 5.97 Å². The third kappa shape index (κ3) is 3.25. The van der Waals surface area contributed by atoms with Crippen molar-refractivity contribution < 1.29 is 24.2 Å². The highest BCUT2D eigenvalue weighted by molar-refractivity contribution is 5.83. The van der Waals surface area contributed by atoms with Crippen LogP contribution in [0.15, 0.2) is 0 Å². The molecule has 2 fully saturated rings. The molecule has 0 aromatic heterocycles. The van der Waals surface area contributed by atoms with E-state index in [0.717, 1.165) is 12.8 Å². The number of hydrogen-bond donors (Lipinski definition) is 2. The van der Waals surface area contributed by atoms with Crippen molar-refractivity contribution >= 4 is 11.9 Å². The number of carboxylic acids is 1. The largest absolute Gasteiger partial charge is 0.481 e. The van der Waals surface area contributed by atoms with Crippen molar-refractivity contribution in [2.45, 2.75) is 44.2 Å². The molecule has 0 aromatic rings. The molecule has 6 nitrogen and oxygen atoms in total. The van der Waals surface area contributed by atoms with Gasteiger partial charge in [-0.15, -0.1) is 0 Å². The normalized spacial score (nSPS) is 35.6. The number of carbonyl (C=O) groups is 2. The van der Waals surface area contributed by atoms with Crippen LogP contribution in [-0.4, -0.2) is 48.4 Å². The summed E-state index contributed by atoms with van der Waals surface area (Å²) in [6.45, 7) is 2.95. The molecular formula is C13H21NO5. The highest BCUT2D eigenvalue weighted by atomic mass is 16.6.